The zero-order valence-electron chi connectivity index (χ0n) is 10.6. The van der Waals surface area contributed by atoms with E-state index in [0.717, 1.165) is 24.3 Å². The highest BCUT2D eigenvalue weighted by Crippen LogP contribution is 2.16. The number of rotatable bonds is 7. The van der Waals surface area contributed by atoms with E-state index >= 15 is 0 Å². The second-order valence-corrected chi connectivity index (χ2v) is 4.36. The van der Waals surface area contributed by atoms with Crippen LogP contribution in [0.25, 0.3) is 0 Å². The van der Waals surface area contributed by atoms with Crippen LogP contribution in [0, 0.1) is 0 Å². The Labute approximate surface area is 103 Å². The van der Waals surface area contributed by atoms with Crippen LogP contribution >= 0.6 is 0 Å². The van der Waals surface area contributed by atoms with E-state index in [0.29, 0.717) is 6.61 Å². The molecule has 1 rings (SSSR count). The Hall–Kier alpha value is -1.10. The molecule has 4 heteroatoms. The molecule has 1 atom stereocenters. The van der Waals surface area contributed by atoms with Crippen LogP contribution in [0.1, 0.15) is 18.0 Å². The molecule has 0 heterocycles. The molecule has 17 heavy (non-hydrogen) atoms. The molecule has 3 N–H and O–H groups in total. The lowest BCUT2D eigenvalue weighted by molar-refractivity contribution is 0.267. The van der Waals surface area contributed by atoms with Gasteiger partial charge in [0.2, 0.25) is 0 Å². The number of benzene rings is 1. The van der Waals surface area contributed by atoms with E-state index in [-0.39, 0.29) is 12.6 Å². The highest BCUT2D eigenvalue weighted by atomic mass is 16.5. The Morgan fingerprint density at radius 3 is 2.47 bits per heavy atom. The summed E-state index contributed by atoms with van der Waals surface area (Å²) in [5, 5.41) is 8.92. The van der Waals surface area contributed by atoms with E-state index in [1.807, 2.05) is 38.4 Å². The SMILES string of the molecule is CN(C)CCCOc1ccc([C@H](N)CO)cc1. The largest absolute Gasteiger partial charge is 0.494 e. The third-order valence-electron chi connectivity index (χ3n) is 2.52. The summed E-state index contributed by atoms with van der Waals surface area (Å²) in [5.41, 5.74) is 6.63. The highest BCUT2D eigenvalue weighted by molar-refractivity contribution is 5.29. The molecule has 0 aliphatic rings. The number of ether oxygens (including phenoxy) is 1. The number of nitrogens with zero attached hydrogens (tertiary/aromatic N) is 1. The third-order valence-corrected chi connectivity index (χ3v) is 2.52. The minimum atomic E-state index is -0.308. The number of hydrogen-bond donors (Lipinski definition) is 2. The van der Waals surface area contributed by atoms with E-state index in [1.165, 1.54) is 0 Å². The fourth-order valence-electron chi connectivity index (χ4n) is 1.49. The Kier molecular flexibility index (Phi) is 5.97. The summed E-state index contributed by atoms with van der Waals surface area (Å²) < 4.78 is 5.59. The average molecular weight is 238 g/mol. The van der Waals surface area contributed by atoms with Crippen molar-refractivity contribution in [3.05, 3.63) is 29.8 Å². The van der Waals surface area contributed by atoms with Gasteiger partial charge in [-0.1, -0.05) is 12.1 Å². The molecule has 96 valence electrons. The molecule has 0 spiro atoms. The van der Waals surface area contributed by atoms with Gasteiger partial charge in [-0.25, -0.2) is 0 Å². The van der Waals surface area contributed by atoms with Gasteiger partial charge in [0.05, 0.1) is 19.3 Å². The fourth-order valence-corrected chi connectivity index (χ4v) is 1.49. The van der Waals surface area contributed by atoms with Gasteiger partial charge in [-0.15, -0.1) is 0 Å². The summed E-state index contributed by atoms with van der Waals surface area (Å²) in [4.78, 5) is 2.13. The molecule has 0 amide bonds. The molecular weight excluding hydrogens is 216 g/mol. The van der Waals surface area contributed by atoms with Crippen molar-refractivity contribution in [3.63, 3.8) is 0 Å². The van der Waals surface area contributed by atoms with Gasteiger partial charge in [0.15, 0.2) is 0 Å². The molecule has 0 aliphatic carbocycles. The van der Waals surface area contributed by atoms with Gasteiger partial charge in [-0.05, 0) is 38.2 Å². The van der Waals surface area contributed by atoms with Crippen molar-refractivity contribution in [3.8, 4) is 5.75 Å². The maximum absolute atomic E-state index is 8.92. The normalized spacial score (nSPS) is 12.8. The lowest BCUT2D eigenvalue weighted by Crippen LogP contribution is -2.15. The lowest BCUT2D eigenvalue weighted by atomic mass is 10.1. The molecule has 0 saturated carbocycles. The van der Waals surface area contributed by atoms with Crippen LogP contribution in [0.3, 0.4) is 0 Å². The van der Waals surface area contributed by atoms with Crippen molar-refractivity contribution in [1.29, 1.82) is 0 Å². The van der Waals surface area contributed by atoms with Crippen molar-refractivity contribution in [1.82, 2.24) is 4.90 Å². The van der Waals surface area contributed by atoms with Crippen molar-refractivity contribution >= 4 is 0 Å². The number of nitrogens with two attached hydrogens (primary N) is 1. The van der Waals surface area contributed by atoms with Crippen LogP contribution in [-0.4, -0.2) is 43.9 Å². The quantitative estimate of drug-likeness (QED) is 0.696. The number of aliphatic hydroxyl groups excluding tert-OH is 1. The van der Waals surface area contributed by atoms with Gasteiger partial charge in [0.25, 0.3) is 0 Å². The van der Waals surface area contributed by atoms with Crippen molar-refractivity contribution in [2.75, 3.05) is 33.9 Å². The van der Waals surface area contributed by atoms with Crippen molar-refractivity contribution in [2.45, 2.75) is 12.5 Å². The standard InChI is InChI=1S/C13H22N2O2/c1-15(2)8-3-9-17-12-6-4-11(5-7-12)13(14)10-16/h4-7,13,16H,3,8-10,14H2,1-2H3/t13-/m1/s1. The van der Waals surface area contributed by atoms with Gasteiger partial charge in [-0.3, -0.25) is 0 Å². The molecule has 0 radical (unpaired) electrons. The molecule has 0 saturated heterocycles. The van der Waals surface area contributed by atoms with E-state index in [4.69, 9.17) is 15.6 Å². The van der Waals surface area contributed by atoms with Gasteiger partial charge in [0.1, 0.15) is 5.75 Å². The Morgan fingerprint density at radius 1 is 1.29 bits per heavy atom. The van der Waals surface area contributed by atoms with Gasteiger partial charge >= 0.3 is 0 Å². The van der Waals surface area contributed by atoms with Crippen LogP contribution in [0.5, 0.6) is 5.75 Å². The summed E-state index contributed by atoms with van der Waals surface area (Å²) in [6.45, 7) is 1.69. The first kappa shape index (κ1) is 14.0. The second-order valence-electron chi connectivity index (χ2n) is 4.36. The molecule has 4 nitrogen and oxygen atoms in total. The third kappa shape index (κ3) is 5.17. The van der Waals surface area contributed by atoms with Crippen LogP contribution in [0.15, 0.2) is 24.3 Å². The molecule has 0 aromatic heterocycles. The van der Waals surface area contributed by atoms with E-state index in [2.05, 4.69) is 4.90 Å². The summed E-state index contributed by atoms with van der Waals surface area (Å²) in [7, 11) is 4.09. The summed E-state index contributed by atoms with van der Waals surface area (Å²) >= 11 is 0. The molecule has 0 aliphatic heterocycles. The first-order valence-electron chi connectivity index (χ1n) is 5.87. The summed E-state index contributed by atoms with van der Waals surface area (Å²) in [6, 6.07) is 7.25. The van der Waals surface area contributed by atoms with E-state index in [9.17, 15) is 0 Å². The highest BCUT2D eigenvalue weighted by Gasteiger charge is 2.03. The average Bonchev–Trinajstić information content (AvgIpc) is 2.34. The molecular formula is C13H22N2O2. The first-order valence-corrected chi connectivity index (χ1v) is 5.87. The van der Waals surface area contributed by atoms with Gasteiger partial charge in [-0.2, -0.15) is 0 Å². The van der Waals surface area contributed by atoms with Crippen molar-refractivity contribution in [2.24, 2.45) is 5.73 Å². The predicted molar refractivity (Wildman–Crippen MR) is 69.1 cm³/mol. The zero-order chi connectivity index (χ0) is 12.7. The molecule has 0 bridgehead atoms. The first-order chi connectivity index (χ1) is 8.13. The zero-order valence-corrected chi connectivity index (χ0v) is 10.6. The van der Waals surface area contributed by atoms with Gasteiger partial charge in [0, 0.05) is 6.54 Å². The summed E-state index contributed by atoms with van der Waals surface area (Å²) in [5.74, 6) is 0.845. The molecule has 1 aromatic carbocycles. The maximum atomic E-state index is 8.92. The molecule has 1 aromatic rings. The Morgan fingerprint density at radius 2 is 1.94 bits per heavy atom. The molecule has 0 unspecified atom stereocenters. The van der Waals surface area contributed by atoms with Crippen LogP contribution in [0.2, 0.25) is 0 Å². The predicted octanol–water partition coefficient (Wildman–Crippen LogP) is 1.01. The molecule has 0 fully saturated rings. The van der Waals surface area contributed by atoms with E-state index < -0.39 is 0 Å². The van der Waals surface area contributed by atoms with Crippen LogP contribution in [0.4, 0.5) is 0 Å². The van der Waals surface area contributed by atoms with Crippen molar-refractivity contribution < 1.29 is 9.84 Å². The number of hydrogen-bond acceptors (Lipinski definition) is 4. The second kappa shape index (κ2) is 7.27. The lowest BCUT2D eigenvalue weighted by Gasteiger charge is -2.12. The monoisotopic (exact) mass is 238 g/mol. The minimum Gasteiger partial charge on any atom is -0.494 e. The maximum Gasteiger partial charge on any atom is 0.119 e. The van der Waals surface area contributed by atoms with Crippen LogP contribution < -0.4 is 10.5 Å². The van der Waals surface area contributed by atoms with Crippen LogP contribution in [-0.2, 0) is 0 Å². The minimum absolute atomic E-state index is 0.0387. The fraction of sp³-hybridized carbons (Fsp3) is 0.538. The Balaban J connectivity index is 2.35. The topological polar surface area (TPSA) is 58.7 Å². The summed E-state index contributed by atoms with van der Waals surface area (Å²) in [6.07, 6.45) is 1.00. The van der Waals surface area contributed by atoms with E-state index in [1.54, 1.807) is 0 Å². The number of aliphatic hydroxyl groups is 1. The van der Waals surface area contributed by atoms with Gasteiger partial charge < -0.3 is 20.5 Å². The smallest absolute Gasteiger partial charge is 0.119 e. The Bertz CT molecular complexity index is 312.